The number of fused-ring (bicyclic) bond motifs is 1. The van der Waals surface area contributed by atoms with Gasteiger partial charge in [0.1, 0.15) is 11.4 Å². The zero-order valence-corrected chi connectivity index (χ0v) is 23.1. The predicted octanol–water partition coefficient (Wildman–Crippen LogP) is 5.99. The molecule has 1 atom stereocenters. The zero-order valence-electron chi connectivity index (χ0n) is 22.3. The number of para-hydroxylation sites is 1. The van der Waals surface area contributed by atoms with Gasteiger partial charge in [-0.05, 0) is 62.4 Å². The van der Waals surface area contributed by atoms with Gasteiger partial charge in [0.25, 0.3) is 11.8 Å². The fraction of sp³-hybridized carbons (Fsp3) is 0.0968. The van der Waals surface area contributed by atoms with Crippen molar-refractivity contribution in [2.24, 2.45) is 0 Å². The number of nitrogens with zero attached hydrogens (tertiary/aromatic N) is 1. The normalized spacial score (nSPS) is 12.1. The van der Waals surface area contributed by atoms with Gasteiger partial charge < -0.3 is 25.5 Å². The van der Waals surface area contributed by atoms with E-state index in [0.717, 1.165) is 21.4 Å². The molecular formula is C31H27N5O4S. The number of nitrogens with one attached hydrogen (secondary N) is 4. The first-order chi connectivity index (χ1) is 19.9. The number of amides is 3. The van der Waals surface area contributed by atoms with Gasteiger partial charge in [-0.25, -0.2) is 0 Å². The summed E-state index contributed by atoms with van der Waals surface area (Å²) < 4.78 is 4.98. The number of hydrogen-bond donors (Lipinski definition) is 4. The summed E-state index contributed by atoms with van der Waals surface area (Å²) in [6.07, 6.45) is 4.91. The smallest absolute Gasteiger partial charge is 0.272 e. The highest BCUT2D eigenvalue weighted by Gasteiger charge is 2.18. The maximum absolute atomic E-state index is 13.4. The van der Waals surface area contributed by atoms with Crippen LogP contribution in [-0.4, -0.2) is 33.1 Å². The van der Waals surface area contributed by atoms with E-state index in [0.29, 0.717) is 22.7 Å². The van der Waals surface area contributed by atoms with Gasteiger partial charge in [0.15, 0.2) is 5.76 Å². The molecular weight excluding hydrogens is 538 g/mol. The molecule has 0 saturated heterocycles. The number of hydrogen-bond acceptors (Lipinski definition) is 6. The highest BCUT2D eigenvalue weighted by molar-refractivity contribution is 8.00. The largest absolute Gasteiger partial charge is 0.361 e. The van der Waals surface area contributed by atoms with Gasteiger partial charge in [-0.3, -0.25) is 14.4 Å². The Labute approximate surface area is 240 Å². The van der Waals surface area contributed by atoms with Gasteiger partial charge in [-0.1, -0.05) is 41.6 Å². The van der Waals surface area contributed by atoms with Gasteiger partial charge in [-0.2, -0.15) is 0 Å². The van der Waals surface area contributed by atoms with Crippen molar-refractivity contribution in [2.45, 2.75) is 24.0 Å². The SMILES string of the molecule is Cc1oncc1NC(=O)[C@@H](C)Sc1ccc(NC(=O)/C(=C/c2c[nH]c3ccccc23)NC(=O)c2ccccc2)cc1. The average molecular weight is 566 g/mol. The third-order valence-corrected chi connectivity index (χ3v) is 7.36. The van der Waals surface area contributed by atoms with Crippen LogP contribution in [0.3, 0.4) is 0 Å². The molecule has 0 aliphatic heterocycles. The number of carbonyl (C=O) groups excluding carboxylic acids is 3. The van der Waals surface area contributed by atoms with Crippen LogP contribution in [0.4, 0.5) is 11.4 Å². The lowest BCUT2D eigenvalue weighted by Crippen LogP contribution is -2.30. The Morgan fingerprint density at radius 2 is 1.68 bits per heavy atom. The molecule has 3 amide bonds. The molecule has 0 saturated carbocycles. The molecule has 41 heavy (non-hydrogen) atoms. The van der Waals surface area contributed by atoms with E-state index in [1.807, 2.05) is 42.5 Å². The van der Waals surface area contributed by atoms with Gasteiger partial charge >= 0.3 is 0 Å². The van der Waals surface area contributed by atoms with Crippen molar-refractivity contribution in [1.29, 1.82) is 0 Å². The minimum Gasteiger partial charge on any atom is -0.361 e. The minimum atomic E-state index is -0.475. The van der Waals surface area contributed by atoms with Crippen molar-refractivity contribution in [2.75, 3.05) is 10.6 Å². The zero-order chi connectivity index (χ0) is 28.8. The van der Waals surface area contributed by atoms with Crippen LogP contribution in [0.5, 0.6) is 0 Å². The Morgan fingerprint density at radius 1 is 0.951 bits per heavy atom. The lowest BCUT2D eigenvalue weighted by atomic mass is 10.1. The first kappa shape index (κ1) is 27.5. The Hall–Kier alpha value is -5.09. The topological polar surface area (TPSA) is 129 Å². The van der Waals surface area contributed by atoms with Crippen molar-refractivity contribution in [3.8, 4) is 0 Å². The summed E-state index contributed by atoms with van der Waals surface area (Å²) in [7, 11) is 0. The van der Waals surface area contributed by atoms with Crippen molar-refractivity contribution >= 4 is 57.8 Å². The number of thioether (sulfide) groups is 1. The number of rotatable bonds is 9. The van der Waals surface area contributed by atoms with Crippen molar-refractivity contribution < 1.29 is 18.9 Å². The minimum absolute atomic E-state index is 0.0939. The molecule has 0 unspecified atom stereocenters. The molecule has 2 heterocycles. The molecule has 2 aromatic heterocycles. The molecule has 0 fully saturated rings. The Kier molecular flexibility index (Phi) is 8.31. The standard InChI is InChI=1S/C31H27N5O4S/c1-19-28(18-33-40-19)36-29(37)20(2)41-24-14-12-23(13-15-24)34-31(39)27(35-30(38)21-8-4-3-5-9-21)16-22-17-32-26-11-7-6-10-25(22)26/h3-18,20,32H,1-2H3,(H,34,39)(H,35,38)(H,36,37)/b27-16-/t20-/m1/s1. The lowest BCUT2D eigenvalue weighted by Gasteiger charge is -2.13. The number of H-pyrrole nitrogens is 1. The molecule has 4 N–H and O–H groups in total. The highest BCUT2D eigenvalue weighted by Crippen LogP contribution is 2.26. The van der Waals surface area contributed by atoms with E-state index in [4.69, 9.17) is 4.52 Å². The summed E-state index contributed by atoms with van der Waals surface area (Å²) >= 11 is 1.38. The van der Waals surface area contributed by atoms with Gasteiger partial charge in [0.05, 0.1) is 11.4 Å². The van der Waals surface area contributed by atoms with Crippen molar-refractivity contribution in [3.63, 3.8) is 0 Å². The van der Waals surface area contributed by atoms with Crippen molar-refractivity contribution in [3.05, 3.63) is 114 Å². The van der Waals surface area contributed by atoms with Crippen LogP contribution in [0.25, 0.3) is 17.0 Å². The summed E-state index contributed by atoms with van der Waals surface area (Å²) in [4.78, 5) is 42.9. The number of benzene rings is 3. The van der Waals surface area contributed by atoms with Crippen LogP contribution in [0, 0.1) is 6.92 Å². The average Bonchev–Trinajstić information content (AvgIpc) is 3.59. The molecule has 206 valence electrons. The molecule has 3 aromatic carbocycles. The fourth-order valence-corrected chi connectivity index (χ4v) is 4.90. The summed E-state index contributed by atoms with van der Waals surface area (Å²) in [6, 6.07) is 23.6. The van der Waals surface area contributed by atoms with Crippen LogP contribution in [0.15, 0.2) is 106 Å². The molecule has 5 rings (SSSR count). The maximum atomic E-state index is 13.4. The summed E-state index contributed by atoms with van der Waals surface area (Å²) in [5.74, 6) is -0.516. The molecule has 0 bridgehead atoms. The van der Waals surface area contributed by atoms with Crippen LogP contribution in [-0.2, 0) is 9.59 Å². The van der Waals surface area contributed by atoms with Crippen molar-refractivity contribution in [1.82, 2.24) is 15.5 Å². The molecule has 9 nitrogen and oxygen atoms in total. The van der Waals surface area contributed by atoms with Gasteiger partial charge in [0, 0.05) is 38.8 Å². The molecule has 5 aromatic rings. The van der Waals surface area contributed by atoms with E-state index in [9.17, 15) is 14.4 Å². The van der Waals surface area contributed by atoms with E-state index in [-0.39, 0.29) is 16.9 Å². The molecule has 10 heteroatoms. The predicted molar refractivity (Wildman–Crippen MR) is 160 cm³/mol. The first-order valence-electron chi connectivity index (χ1n) is 12.8. The van der Waals surface area contributed by atoms with Crippen LogP contribution in [0.2, 0.25) is 0 Å². The summed E-state index contributed by atoms with van der Waals surface area (Å²) in [5, 5.41) is 12.6. The van der Waals surface area contributed by atoms with E-state index >= 15 is 0 Å². The molecule has 0 aliphatic rings. The fourth-order valence-electron chi connectivity index (χ4n) is 4.04. The maximum Gasteiger partial charge on any atom is 0.272 e. The van der Waals surface area contributed by atoms with Crippen LogP contribution < -0.4 is 16.0 Å². The van der Waals surface area contributed by atoms with E-state index < -0.39 is 11.8 Å². The number of anilines is 2. The second kappa shape index (κ2) is 12.4. The summed E-state index contributed by atoms with van der Waals surface area (Å²) in [5.41, 5.74) is 3.28. The van der Waals surface area contributed by atoms with Gasteiger partial charge in [0.2, 0.25) is 5.91 Å². The highest BCUT2D eigenvalue weighted by atomic mass is 32.2. The number of aryl methyl sites for hydroxylation is 1. The second-order valence-corrected chi connectivity index (χ2v) is 10.6. The number of aromatic amines is 1. The Balaban J connectivity index is 1.30. The summed E-state index contributed by atoms with van der Waals surface area (Å²) in [6.45, 7) is 3.53. The number of aromatic nitrogens is 2. The van der Waals surface area contributed by atoms with E-state index in [2.05, 4.69) is 26.1 Å². The Bertz CT molecular complexity index is 1720. The first-order valence-corrected chi connectivity index (χ1v) is 13.7. The van der Waals surface area contributed by atoms with Crippen LogP contribution >= 0.6 is 11.8 Å². The van der Waals surface area contributed by atoms with Gasteiger partial charge in [-0.15, -0.1) is 11.8 Å². The monoisotopic (exact) mass is 565 g/mol. The number of carbonyl (C=O) groups is 3. The Morgan fingerprint density at radius 3 is 2.41 bits per heavy atom. The third kappa shape index (κ3) is 6.74. The quantitative estimate of drug-likeness (QED) is 0.128. The third-order valence-electron chi connectivity index (χ3n) is 6.25. The van der Waals surface area contributed by atoms with E-state index in [1.54, 1.807) is 62.5 Å². The molecule has 0 spiro atoms. The molecule has 0 aliphatic carbocycles. The van der Waals surface area contributed by atoms with Crippen LogP contribution in [0.1, 0.15) is 28.6 Å². The second-order valence-electron chi connectivity index (χ2n) is 9.19. The van der Waals surface area contributed by atoms with E-state index in [1.165, 1.54) is 18.0 Å². The molecule has 0 radical (unpaired) electrons. The lowest BCUT2D eigenvalue weighted by molar-refractivity contribution is -0.115.